The van der Waals surface area contributed by atoms with Crippen molar-refractivity contribution in [2.45, 2.75) is 19.7 Å². The monoisotopic (exact) mass is 332 g/mol. The highest BCUT2D eigenvalue weighted by molar-refractivity contribution is 7.79. The number of carbonyl (C=O) groups excluding carboxylic acids is 1. The molecule has 0 N–H and O–H groups in total. The van der Waals surface area contributed by atoms with Crippen LogP contribution in [0.25, 0.3) is 0 Å². The molecular weight excluding hydrogens is 311 g/mol. The van der Waals surface area contributed by atoms with Gasteiger partial charge in [-0.25, -0.2) is 4.79 Å². The van der Waals surface area contributed by atoms with Gasteiger partial charge >= 0.3 is 5.97 Å². The van der Waals surface area contributed by atoms with Crippen LogP contribution in [0.1, 0.15) is 13.8 Å². The van der Waals surface area contributed by atoms with Gasteiger partial charge in [-0.2, -0.15) is 0 Å². The van der Waals surface area contributed by atoms with Crippen molar-refractivity contribution in [3.8, 4) is 0 Å². The molecule has 0 aliphatic carbocycles. The van der Waals surface area contributed by atoms with Gasteiger partial charge in [-0.15, -0.1) is 0 Å². The Kier molecular flexibility index (Phi) is 6.14. The van der Waals surface area contributed by atoms with E-state index >= 15 is 0 Å². The molecule has 0 radical (unpaired) electrons. The van der Waals surface area contributed by atoms with E-state index in [1.165, 1.54) is 0 Å². The highest BCUT2D eigenvalue weighted by atomic mass is 31.2. The molecule has 0 amide bonds. The molecule has 1 atom stereocenters. The molecule has 122 valence electrons. The number of rotatable bonds is 7. The molecule has 0 aliphatic heterocycles. The van der Waals surface area contributed by atoms with E-state index in [1.54, 1.807) is 62.4 Å². The van der Waals surface area contributed by atoms with Crippen LogP contribution in [0.3, 0.4) is 0 Å². The highest BCUT2D eigenvalue weighted by Gasteiger charge is 2.43. The summed E-state index contributed by atoms with van der Waals surface area (Å²) in [7, 11) is -3.33. The quantitative estimate of drug-likeness (QED) is 0.578. The van der Waals surface area contributed by atoms with Crippen LogP contribution in [0.4, 0.5) is 0 Å². The van der Waals surface area contributed by atoms with Gasteiger partial charge in [-0.1, -0.05) is 60.7 Å². The zero-order valence-electron chi connectivity index (χ0n) is 13.3. The van der Waals surface area contributed by atoms with Gasteiger partial charge in [0.05, 0.1) is 6.61 Å². The van der Waals surface area contributed by atoms with Crippen LogP contribution in [0.5, 0.6) is 0 Å². The van der Waals surface area contributed by atoms with E-state index < -0.39 is 19.0 Å². The van der Waals surface area contributed by atoms with E-state index in [0.717, 1.165) is 0 Å². The molecule has 23 heavy (non-hydrogen) atoms. The zero-order valence-corrected chi connectivity index (χ0v) is 14.2. The zero-order chi connectivity index (χ0) is 16.7. The molecular formula is C18H21O4P. The molecule has 2 aromatic rings. The van der Waals surface area contributed by atoms with Crippen LogP contribution < -0.4 is 10.6 Å². The average Bonchev–Trinajstić information content (AvgIpc) is 2.60. The minimum absolute atomic E-state index is 0.214. The Labute approximate surface area is 136 Å². The fourth-order valence-corrected chi connectivity index (χ4v) is 5.21. The van der Waals surface area contributed by atoms with Gasteiger partial charge in [0.2, 0.25) is 5.85 Å². The Morgan fingerprint density at radius 2 is 1.39 bits per heavy atom. The van der Waals surface area contributed by atoms with E-state index in [2.05, 4.69) is 0 Å². The summed E-state index contributed by atoms with van der Waals surface area (Å²) in [6.45, 7) is 3.97. The third-order valence-electron chi connectivity index (χ3n) is 3.42. The van der Waals surface area contributed by atoms with Crippen molar-refractivity contribution >= 4 is 23.7 Å². The van der Waals surface area contributed by atoms with Gasteiger partial charge < -0.3 is 14.0 Å². The first-order valence-corrected chi connectivity index (χ1v) is 9.41. The standard InChI is InChI=1S/C18H21O4P/c1-3-21-17(19)18(22-4-2)23(20,15-11-7-5-8-12-15)16-13-9-6-10-14-16/h5-14,18H,3-4H2,1-2H3. The Bertz CT molecular complexity index is 626. The maximum absolute atomic E-state index is 14.0. The topological polar surface area (TPSA) is 52.6 Å². The molecule has 0 bridgehead atoms. The van der Waals surface area contributed by atoms with E-state index in [-0.39, 0.29) is 13.2 Å². The van der Waals surface area contributed by atoms with Crippen LogP contribution in [0.2, 0.25) is 0 Å². The van der Waals surface area contributed by atoms with Gasteiger partial charge in [0.25, 0.3) is 0 Å². The van der Waals surface area contributed by atoms with Crippen molar-refractivity contribution in [1.29, 1.82) is 0 Å². The summed E-state index contributed by atoms with van der Waals surface area (Å²) >= 11 is 0. The Balaban J connectivity index is 2.61. The average molecular weight is 332 g/mol. The van der Waals surface area contributed by atoms with Crippen LogP contribution in [-0.4, -0.2) is 25.0 Å². The maximum Gasteiger partial charge on any atom is 0.343 e. The molecule has 4 nitrogen and oxygen atoms in total. The van der Waals surface area contributed by atoms with Crippen molar-refractivity contribution in [2.75, 3.05) is 13.2 Å². The Morgan fingerprint density at radius 3 is 1.78 bits per heavy atom. The van der Waals surface area contributed by atoms with Crippen LogP contribution in [0, 0.1) is 0 Å². The lowest BCUT2D eigenvalue weighted by Crippen LogP contribution is -2.35. The molecule has 5 heteroatoms. The summed E-state index contributed by atoms with van der Waals surface area (Å²) in [6, 6.07) is 18.0. The summed E-state index contributed by atoms with van der Waals surface area (Å²) in [5, 5.41) is 1.16. The minimum atomic E-state index is -3.33. The Hall–Kier alpha value is -1.90. The van der Waals surface area contributed by atoms with E-state index in [4.69, 9.17) is 9.47 Å². The fourth-order valence-electron chi connectivity index (χ4n) is 2.41. The van der Waals surface area contributed by atoms with E-state index in [9.17, 15) is 9.36 Å². The minimum Gasteiger partial charge on any atom is -0.464 e. The first-order valence-electron chi connectivity index (χ1n) is 7.63. The number of hydrogen-bond acceptors (Lipinski definition) is 4. The molecule has 0 heterocycles. The van der Waals surface area contributed by atoms with Gasteiger partial charge in [0.15, 0.2) is 7.14 Å². The largest absolute Gasteiger partial charge is 0.464 e. The second kappa shape index (κ2) is 8.09. The van der Waals surface area contributed by atoms with Gasteiger partial charge in [0, 0.05) is 17.2 Å². The van der Waals surface area contributed by atoms with Gasteiger partial charge in [-0.3, -0.25) is 0 Å². The molecule has 0 aliphatic rings. The first-order chi connectivity index (χ1) is 11.1. The first kappa shape index (κ1) is 17.5. The number of carbonyl (C=O) groups is 1. The van der Waals surface area contributed by atoms with E-state index in [1.807, 2.05) is 12.1 Å². The van der Waals surface area contributed by atoms with Crippen LogP contribution in [-0.2, 0) is 18.8 Å². The summed E-state index contributed by atoms with van der Waals surface area (Å²) in [6.07, 6.45) is 0. The number of benzene rings is 2. The predicted octanol–water partition coefficient (Wildman–Crippen LogP) is 2.93. The van der Waals surface area contributed by atoms with Crippen LogP contribution >= 0.6 is 7.14 Å². The maximum atomic E-state index is 14.0. The SMILES string of the molecule is CCOC(=O)C(OCC)P(=O)(c1ccccc1)c1ccccc1. The number of hydrogen-bond donors (Lipinski definition) is 0. The normalized spacial score (nSPS) is 12.6. The second-order valence-electron chi connectivity index (χ2n) is 4.89. The molecule has 0 saturated carbocycles. The van der Waals surface area contributed by atoms with Crippen LogP contribution in [0.15, 0.2) is 60.7 Å². The molecule has 0 fully saturated rings. The number of esters is 1. The van der Waals surface area contributed by atoms with Gasteiger partial charge in [0.1, 0.15) is 0 Å². The molecule has 1 unspecified atom stereocenters. The van der Waals surface area contributed by atoms with E-state index in [0.29, 0.717) is 10.6 Å². The summed E-state index contributed by atoms with van der Waals surface area (Å²) in [5.74, 6) is -1.73. The predicted molar refractivity (Wildman–Crippen MR) is 91.8 cm³/mol. The molecule has 2 aromatic carbocycles. The second-order valence-corrected chi connectivity index (χ2v) is 7.71. The lowest BCUT2D eigenvalue weighted by Gasteiger charge is -2.26. The lowest BCUT2D eigenvalue weighted by atomic mass is 10.4. The van der Waals surface area contributed by atoms with Crippen molar-refractivity contribution < 1.29 is 18.8 Å². The van der Waals surface area contributed by atoms with Crippen molar-refractivity contribution in [1.82, 2.24) is 0 Å². The van der Waals surface area contributed by atoms with Crippen molar-refractivity contribution in [2.24, 2.45) is 0 Å². The third-order valence-corrected chi connectivity index (χ3v) is 6.57. The lowest BCUT2D eigenvalue weighted by molar-refractivity contribution is -0.151. The fraction of sp³-hybridized carbons (Fsp3) is 0.278. The highest BCUT2D eigenvalue weighted by Crippen LogP contribution is 2.49. The Morgan fingerprint density at radius 1 is 0.913 bits per heavy atom. The van der Waals surface area contributed by atoms with Gasteiger partial charge in [-0.05, 0) is 13.8 Å². The molecule has 2 rings (SSSR count). The third kappa shape index (κ3) is 3.72. The summed E-state index contributed by atoms with van der Waals surface area (Å²) in [4.78, 5) is 12.4. The molecule has 0 aromatic heterocycles. The summed E-state index contributed by atoms with van der Waals surface area (Å²) in [5.41, 5.74) is 0. The molecule has 0 saturated heterocycles. The smallest absolute Gasteiger partial charge is 0.343 e. The van der Waals surface area contributed by atoms with Crippen molar-refractivity contribution in [3.05, 3.63) is 60.7 Å². The summed E-state index contributed by atoms with van der Waals surface area (Å²) < 4.78 is 24.7. The van der Waals surface area contributed by atoms with Crippen molar-refractivity contribution in [3.63, 3.8) is 0 Å². The molecule has 0 spiro atoms. The number of ether oxygens (including phenoxy) is 2.